The Kier molecular flexibility index (Phi) is 3.66. The Hall–Kier alpha value is -1.75. The van der Waals surface area contributed by atoms with Gasteiger partial charge in [-0.15, -0.1) is 0 Å². The molecule has 0 heterocycles. The number of rotatable bonds is 2. The van der Waals surface area contributed by atoms with Crippen molar-refractivity contribution in [3.63, 3.8) is 0 Å². The molecule has 2 aromatic rings. The predicted octanol–water partition coefficient (Wildman–Crippen LogP) is 4.40. The summed E-state index contributed by atoms with van der Waals surface area (Å²) in [6.45, 7) is 1.52. The normalized spacial score (nSPS) is 10.5. The van der Waals surface area contributed by atoms with E-state index in [9.17, 15) is 13.6 Å². The van der Waals surface area contributed by atoms with Gasteiger partial charge in [0.05, 0.1) is 5.56 Å². The Morgan fingerprint density at radius 2 is 1.84 bits per heavy atom. The monoisotopic (exact) mass is 326 g/mol. The van der Waals surface area contributed by atoms with E-state index in [-0.39, 0.29) is 11.1 Å². The van der Waals surface area contributed by atoms with Crippen LogP contribution >= 0.6 is 15.9 Å². The van der Waals surface area contributed by atoms with Crippen LogP contribution in [0.1, 0.15) is 15.9 Å². The molecule has 0 aromatic heterocycles. The molecule has 0 saturated carbocycles. The average molecular weight is 327 g/mol. The van der Waals surface area contributed by atoms with Crippen LogP contribution in [0.4, 0.5) is 8.78 Å². The highest BCUT2D eigenvalue weighted by atomic mass is 79.9. The number of benzene rings is 2. The fourth-order valence-corrected chi connectivity index (χ4v) is 2.15. The van der Waals surface area contributed by atoms with Crippen molar-refractivity contribution in [2.45, 2.75) is 6.92 Å². The molecule has 98 valence electrons. The molecular weight excluding hydrogens is 318 g/mol. The van der Waals surface area contributed by atoms with E-state index >= 15 is 0 Å². The van der Waals surface area contributed by atoms with Gasteiger partial charge in [-0.3, -0.25) is 0 Å². The van der Waals surface area contributed by atoms with Crippen molar-refractivity contribution in [3.05, 3.63) is 57.6 Å². The second-order valence-corrected chi connectivity index (χ2v) is 4.94. The number of hydrogen-bond donors (Lipinski definition) is 1. The standard InChI is InChI=1S/C14H9BrF2O2/c1-7-4-9(13(17)6-12(7)16)8-2-3-11(15)10(5-8)14(18)19/h2-6H,1H3,(H,18,19). The van der Waals surface area contributed by atoms with E-state index in [1.807, 2.05) is 0 Å². The van der Waals surface area contributed by atoms with E-state index < -0.39 is 17.6 Å². The number of hydrogen-bond acceptors (Lipinski definition) is 1. The fraction of sp³-hybridized carbons (Fsp3) is 0.0714. The van der Waals surface area contributed by atoms with Crippen molar-refractivity contribution < 1.29 is 18.7 Å². The van der Waals surface area contributed by atoms with E-state index in [1.54, 1.807) is 6.07 Å². The van der Waals surface area contributed by atoms with Crippen LogP contribution in [0.3, 0.4) is 0 Å². The van der Waals surface area contributed by atoms with Crippen molar-refractivity contribution in [1.29, 1.82) is 0 Å². The zero-order valence-corrected chi connectivity index (χ0v) is 11.5. The number of aryl methyl sites for hydroxylation is 1. The maximum absolute atomic E-state index is 13.8. The van der Waals surface area contributed by atoms with Crippen molar-refractivity contribution in [1.82, 2.24) is 0 Å². The molecule has 2 rings (SSSR count). The molecule has 0 saturated heterocycles. The SMILES string of the molecule is Cc1cc(-c2ccc(Br)c(C(=O)O)c2)c(F)cc1F. The third kappa shape index (κ3) is 2.66. The highest BCUT2D eigenvalue weighted by molar-refractivity contribution is 9.10. The molecule has 1 N–H and O–H groups in total. The minimum Gasteiger partial charge on any atom is -0.478 e. The average Bonchev–Trinajstić information content (AvgIpc) is 2.34. The van der Waals surface area contributed by atoms with Crippen LogP contribution in [0, 0.1) is 18.6 Å². The molecule has 2 aromatic carbocycles. The van der Waals surface area contributed by atoms with Gasteiger partial charge in [0, 0.05) is 16.1 Å². The molecule has 0 spiro atoms. The summed E-state index contributed by atoms with van der Waals surface area (Å²) in [6.07, 6.45) is 0. The van der Waals surface area contributed by atoms with E-state index in [4.69, 9.17) is 5.11 Å². The Balaban J connectivity index is 2.63. The second kappa shape index (κ2) is 5.09. The van der Waals surface area contributed by atoms with Crippen LogP contribution in [0.15, 0.2) is 34.8 Å². The number of carbonyl (C=O) groups is 1. The lowest BCUT2D eigenvalue weighted by Crippen LogP contribution is -1.99. The number of aromatic carboxylic acids is 1. The lowest BCUT2D eigenvalue weighted by molar-refractivity contribution is 0.0696. The Morgan fingerprint density at radius 1 is 1.16 bits per heavy atom. The summed E-state index contributed by atoms with van der Waals surface area (Å²) in [7, 11) is 0. The first kappa shape index (κ1) is 13.7. The van der Waals surface area contributed by atoms with Crippen LogP contribution in [-0.4, -0.2) is 11.1 Å². The van der Waals surface area contributed by atoms with Crippen molar-refractivity contribution >= 4 is 21.9 Å². The summed E-state index contributed by atoms with van der Waals surface area (Å²) >= 11 is 3.11. The van der Waals surface area contributed by atoms with Gasteiger partial charge in [-0.2, -0.15) is 0 Å². The Bertz CT molecular complexity index is 669. The van der Waals surface area contributed by atoms with Gasteiger partial charge in [0.25, 0.3) is 0 Å². The van der Waals surface area contributed by atoms with Gasteiger partial charge < -0.3 is 5.11 Å². The quantitative estimate of drug-likeness (QED) is 0.888. The second-order valence-electron chi connectivity index (χ2n) is 4.08. The largest absolute Gasteiger partial charge is 0.478 e. The minimum absolute atomic E-state index is 0.0267. The highest BCUT2D eigenvalue weighted by Crippen LogP contribution is 2.29. The van der Waals surface area contributed by atoms with Gasteiger partial charge >= 0.3 is 5.97 Å². The van der Waals surface area contributed by atoms with Crippen LogP contribution in [0.2, 0.25) is 0 Å². The minimum atomic E-state index is -1.12. The Labute approximate surface area is 116 Å². The number of halogens is 3. The van der Waals surface area contributed by atoms with E-state index in [1.165, 1.54) is 25.1 Å². The van der Waals surface area contributed by atoms with Gasteiger partial charge in [0.15, 0.2) is 0 Å². The first-order valence-corrected chi connectivity index (χ1v) is 6.18. The summed E-state index contributed by atoms with van der Waals surface area (Å²) in [6, 6.07) is 6.61. The molecule has 0 bridgehead atoms. The summed E-state index contributed by atoms with van der Waals surface area (Å²) < 4.78 is 27.4. The van der Waals surface area contributed by atoms with Crippen LogP contribution in [0.5, 0.6) is 0 Å². The third-order valence-electron chi connectivity index (χ3n) is 2.76. The molecule has 2 nitrogen and oxygen atoms in total. The summed E-state index contributed by atoms with van der Waals surface area (Å²) in [5.74, 6) is -2.47. The molecule has 0 unspecified atom stereocenters. The molecule has 0 amide bonds. The molecule has 0 aliphatic carbocycles. The predicted molar refractivity (Wildman–Crippen MR) is 71.2 cm³/mol. The maximum Gasteiger partial charge on any atom is 0.336 e. The topological polar surface area (TPSA) is 37.3 Å². The summed E-state index contributed by atoms with van der Waals surface area (Å²) in [4.78, 5) is 11.0. The fourth-order valence-electron chi connectivity index (χ4n) is 1.74. The molecule has 0 atom stereocenters. The zero-order chi connectivity index (χ0) is 14.2. The van der Waals surface area contributed by atoms with Crippen LogP contribution < -0.4 is 0 Å². The van der Waals surface area contributed by atoms with Crippen molar-refractivity contribution in [3.8, 4) is 11.1 Å². The van der Waals surface area contributed by atoms with Gasteiger partial charge in [0.1, 0.15) is 11.6 Å². The molecule has 0 aliphatic heterocycles. The smallest absolute Gasteiger partial charge is 0.336 e. The van der Waals surface area contributed by atoms with E-state index in [0.29, 0.717) is 15.6 Å². The van der Waals surface area contributed by atoms with Gasteiger partial charge in [-0.1, -0.05) is 6.07 Å². The zero-order valence-electron chi connectivity index (χ0n) is 9.88. The van der Waals surface area contributed by atoms with Crippen LogP contribution in [0.25, 0.3) is 11.1 Å². The molecule has 0 aliphatic rings. The van der Waals surface area contributed by atoms with Gasteiger partial charge in [-0.25, -0.2) is 13.6 Å². The molecule has 5 heteroatoms. The number of carboxylic acid groups (broad SMARTS) is 1. The molecule has 0 fully saturated rings. The van der Waals surface area contributed by atoms with Crippen LogP contribution in [-0.2, 0) is 0 Å². The van der Waals surface area contributed by atoms with Crippen molar-refractivity contribution in [2.24, 2.45) is 0 Å². The summed E-state index contributed by atoms with van der Waals surface area (Å²) in [5.41, 5.74) is 0.894. The molecule has 19 heavy (non-hydrogen) atoms. The van der Waals surface area contributed by atoms with Gasteiger partial charge in [0.2, 0.25) is 0 Å². The number of carboxylic acids is 1. The molecule has 0 radical (unpaired) electrons. The lowest BCUT2D eigenvalue weighted by atomic mass is 10.0. The van der Waals surface area contributed by atoms with E-state index in [0.717, 1.165) is 6.07 Å². The highest BCUT2D eigenvalue weighted by Gasteiger charge is 2.13. The Morgan fingerprint density at radius 3 is 2.47 bits per heavy atom. The van der Waals surface area contributed by atoms with Gasteiger partial charge in [-0.05, 0) is 52.2 Å². The van der Waals surface area contributed by atoms with Crippen molar-refractivity contribution in [2.75, 3.05) is 0 Å². The first-order valence-electron chi connectivity index (χ1n) is 5.39. The lowest BCUT2D eigenvalue weighted by Gasteiger charge is -2.08. The molecular formula is C14H9BrF2O2. The summed E-state index contributed by atoms with van der Waals surface area (Å²) in [5, 5.41) is 9.02. The first-order chi connectivity index (χ1) is 8.90. The third-order valence-corrected chi connectivity index (χ3v) is 3.45. The maximum atomic E-state index is 13.8. The van der Waals surface area contributed by atoms with E-state index in [2.05, 4.69) is 15.9 Å².